The van der Waals surface area contributed by atoms with Crippen molar-refractivity contribution in [1.82, 2.24) is 4.57 Å². The van der Waals surface area contributed by atoms with Crippen LogP contribution in [0, 0.1) is 0 Å². The highest BCUT2D eigenvalue weighted by Crippen LogP contribution is 2.38. The molecule has 30 heavy (non-hydrogen) atoms. The summed E-state index contributed by atoms with van der Waals surface area (Å²) in [6.45, 7) is 1.55. The number of hydrogen-bond donors (Lipinski definition) is 0. The summed E-state index contributed by atoms with van der Waals surface area (Å²) in [4.78, 5) is 11.8. The zero-order chi connectivity index (χ0) is 21.1. The number of pyridine rings is 1. The van der Waals surface area contributed by atoms with Gasteiger partial charge < -0.3 is 23.5 Å². The zero-order valence-corrected chi connectivity index (χ0v) is 17.6. The summed E-state index contributed by atoms with van der Waals surface area (Å²) < 4.78 is 24.9. The molecule has 0 radical (unpaired) electrons. The van der Waals surface area contributed by atoms with Gasteiger partial charge in [-0.25, -0.2) is 0 Å². The van der Waals surface area contributed by atoms with E-state index in [2.05, 4.69) is 6.07 Å². The maximum absolute atomic E-state index is 11.8. The molecule has 158 valence electrons. The van der Waals surface area contributed by atoms with E-state index in [4.69, 9.17) is 18.9 Å². The SMILES string of the molecule is COC1COCCC1(OC)c1cccc(OCc2ccc3c(ccc(=O)n3C)c2)c1. The third-order valence-corrected chi connectivity index (χ3v) is 5.97. The summed E-state index contributed by atoms with van der Waals surface area (Å²) in [6, 6.07) is 17.4. The number of aromatic nitrogens is 1. The molecule has 1 aromatic heterocycles. The van der Waals surface area contributed by atoms with E-state index in [1.807, 2.05) is 42.5 Å². The predicted molar refractivity (Wildman–Crippen MR) is 115 cm³/mol. The van der Waals surface area contributed by atoms with Crippen LogP contribution in [0.25, 0.3) is 10.9 Å². The zero-order valence-electron chi connectivity index (χ0n) is 17.6. The van der Waals surface area contributed by atoms with Crippen LogP contribution in [0.1, 0.15) is 17.5 Å². The Hall–Kier alpha value is -2.67. The van der Waals surface area contributed by atoms with Crippen molar-refractivity contribution < 1.29 is 18.9 Å². The average Bonchev–Trinajstić information content (AvgIpc) is 2.80. The van der Waals surface area contributed by atoms with E-state index < -0.39 is 5.60 Å². The van der Waals surface area contributed by atoms with Crippen LogP contribution in [0.5, 0.6) is 5.75 Å². The first kappa shape index (κ1) is 20.6. The summed E-state index contributed by atoms with van der Waals surface area (Å²) in [7, 11) is 5.18. The number of rotatable bonds is 6. The van der Waals surface area contributed by atoms with Gasteiger partial charge in [0.2, 0.25) is 0 Å². The molecular weight excluding hydrogens is 382 g/mol. The lowest BCUT2D eigenvalue weighted by Gasteiger charge is -2.42. The lowest BCUT2D eigenvalue weighted by Crippen LogP contribution is -2.49. The van der Waals surface area contributed by atoms with Crippen molar-refractivity contribution in [3.8, 4) is 5.75 Å². The number of aryl methyl sites for hydroxylation is 1. The van der Waals surface area contributed by atoms with Crippen LogP contribution in [-0.4, -0.2) is 38.1 Å². The number of hydrogen-bond acceptors (Lipinski definition) is 5. The largest absolute Gasteiger partial charge is 0.489 e. The molecule has 2 heterocycles. The molecule has 3 aromatic rings. The van der Waals surface area contributed by atoms with E-state index in [1.165, 1.54) is 0 Å². The van der Waals surface area contributed by atoms with Crippen molar-refractivity contribution in [2.75, 3.05) is 27.4 Å². The molecule has 0 bridgehead atoms. The van der Waals surface area contributed by atoms with Gasteiger partial charge in [-0.05, 0) is 46.8 Å². The quantitative estimate of drug-likeness (QED) is 0.625. The molecule has 1 aliphatic rings. The van der Waals surface area contributed by atoms with Crippen molar-refractivity contribution in [3.63, 3.8) is 0 Å². The predicted octanol–water partition coefficient (Wildman–Crippen LogP) is 3.39. The molecule has 0 saturated carbocycles. The Morgan fingerprint density at radius 3 is 2.80 bits per heavy atom. The second-order valence-corrected chi connectivity index (χ2v) is 7.58. The van der Waals surface area contributed by atoms with Gasteiger partial charge in [-0.15, -0.1) is 0 Å². The van der Waals surface area contributed by atoms with Crippen LogP contribution < -0.4 is 10.3 Å². The van der Waals surface area contributed by atoms with Crippen molar-refractivity contribution >= 4 is 10.9 Å². The fraction of sp³-hybridized carbons (Fsp3) is 0.375. The maximum atomic E-state index is 11.8. The number of nitrogens with zero attached hydrogens (tertiary/aromatic N) is 1. The highest BCUT2D eigenvalue weighted by Gasteiger charge is 2.44. The summed E-state index contributed by atoms with van der Waals surface area (Å²) in [5, 5.41) is 1.01. The van der Waals surface area contributed by atoms with E-state index in [0.717, 1.165) is 34.2 Å². The number of methoxy groups -OCH3 is 2. The third kappa shape index (κ3) is 3.74. The van der Waals surface area contributed by atoms with Gasteiger partial charge in [0, 0.05) is 40.4 Å². The summed E-state index contributed by atoms with van der Waals surface area (Å²) >= 11 is 0. The average molecular weight is 409 g/mol. The van der Waals surface area contributed by atoms with Gasteiger partial charge in [0.05, 0.1) is 12.1 Å². The topological polar surface area (TPSA) is 58.9 Å². The molecule has 1 aliphatic heterocycles. The highest BCUT2D eigenvalue weighted by molar-refractivity contribution is 5.79. The molecule has 2 atom stereocenters. The monoisotopic (exact) mass is 409 g/mol. The van der Waals surface area contributed by atoms with Crippen LogP contribution >= 0.6 is 0 Å². The molecule has 6 heteroatoms. The van der Waals surface area contributed by atoms with Crippen molar-refractivity contribution in [2.24, 2.45) is 7.05 Å². The van der Waals surface area contributed by atoms with Crippen molar-refractivity contribution in [3.05, 3.63) is 76.1 Å². The molecule has 0 N–H and O–H groups in total. The van der Waals surface area contributed by atoms with Gasteiger partial charge in [-0.3, -0.25) is 4.79 Å². The Balaban J connectivity index is 1.56. The van der Waals surface area contributed by atoms with Gasteiger partial charge >= 0.3 is 0 Å². The minimum Gasteiger partial charge on any atom is -0.489 e. The minimum absolute atomic E-state index is 0.0159. The van der Waals surface area contributed by atoms with Gasteiger partial charge in [0.15, 0.2) is 0 Å². The Morgan fingerprint density at radius 2 is 2.00 bits per heavy atom. The summed E-state index contributed by atoms with van der Waals surface area (Å²) in [5.41, 5.74) is 2.39. The molecule has 0 aliphatic carbocycles. The van der Waals surface area contributed by atoms with Crippen LogP contribution in [0.3, 0.4) is 0 Å². The van der Waals surface area contributed by atoms with Crippen LogP contribution in [0.2, 0.25) is 0 Å². The molecule has 4 rings (SSSR count). The molecule has 0 amide bonds. The van der Waals surface area contributed by atoms with Crippen LogP contribution in [0.4, 0.5) is 0 Å². The van der Waals surface area contributed by atoms with E-state index in [1.54, 1.807) is 31.9 Å². The molecular formula is C24H27NO5. The fourth-order valence-corrected chi connectivity index (χ4v) is 4.19. The lowest BCUT2D eigenvalue weighted by molar-refractivity contribution is -0.186. The highest BCUT2D eigenvalue weighted by atomic mass is 16.6. The second-order valence-electron chi connectivity index (χ2n) is 7.58. The first-order valence-electron chi connectivity index (χ1n) is 10.0. The molecule has 1 saturated heterocycles. The third-order valence-electron chi connectivity index (χ3n) is 5.97. The molecule has 1 fully saturated rings. The summed E-state index contributed by atoms with van der Waals surface area (Å²) in [5.74, 6) is 0.769. The van der Waals surface area contributed by atoms with Crippen LogP contribution in [-0.2, 0) is 33.5 Å². The summed E-state index contributed by atoms with van der Waals surface area (Å²) in [6.07, 6.45) is 0.535. The molecule has 2 aromatic carbocycles. The Morgan fingerprint density at radius 1 is 1.13 bits per heavy atom. The van der Waals surface area contributed by atoms with E-state index in [9.17, 15) is 4.79 Å². The number of fused-ring (bicyclic) bond motifs is 1. The standard InChI is InChI=1S/C24H27NO5/c1-25-21-9-7-17(13-18(21)8-10-23(25)26)15-30-20-6-4-5-19(14-20)24(28-3)11-12-29-16-22(24)27-2/h4-10,13-14,22H,11-12,15-16H2,1-3H3. The maximum Gasteiger partial charge on any atom is 0.250 e. The smallest absolute Gasteiger partial charge is 0.250 e. The van der Waals surface area contributed by atoms with Gasteiger partial charge in [-0.1, -0.05) is 18.2 Å². The number of benzene rings is 2. The Kier molecular flexibility index (Phi) is 5.90. The van der Waals surface area contributed by atoms with Crippen molar-refractivity contribution in [1.29, 1.82) is 0 Å². The first-order chi connectivity index (χ1) is 14.6. The normalized spacial score (nSPS) is 21.6. The number of ether oxygens (including phenoxy) is 4. The first-order valence-corrected chi connectivity index (χ1v) is 10.0. The molecule has 6 nitrogen and oxygen atoms in total. The second kappa shape index (κ2) is 8.60. The van der Waals surface area contributed by atoms with E-state index in [-0.39, 0.29) is 11.7 Å². The van der Waals surface area contributed by atoms with Crippen molar-refractivity contribution in [2.45, 2.75) is 24.7 Å². The van der Waals surface area contributed by atoms with Gasteiger partial charge in [0.25, 0.3) is 5.56 Å². The van der Waals surface area contributed by atoms with Gasteiger partial charge in [-0.2, -0.15) is 0 Å². The fourth-order valence-electron chi connectivity index (χ4n) is 4.19. The molecule has 0 spiro atoms. The van der Waals surface area contributed by atoms with Crippen LogP contribution in [0.15, 0.2) is 59.4 Å². The Labute approximate surface area is 175 Å². The van der Waals surface area contributed by atoms with E-state index >= 15 is 0 Å². The Bertz CT molecular complexity index is 1090. The lowest BCUT2D eigenvalue weighted by atomic mass is 9.83. The van der Waals surface area contributed by atoms with Gasteiger partial charge in [0.1, 0.15) is 24.1 Å². The minimum atomic E-state index is -0.555. The van der Waals surface area contributed by atoms with E-state index in [0.29, 0.717) is 19.8 Å². The molecule has 2 unspecified atom stereocenters.